The van der Waals surface area contributed by atoms with Crippen molar-refractivity contribution in [3.63, 3.8) is 0 Å². The minimum Gasteiger partial charge on any atom is -0.444 e. The Morgan fingerprint density at radius 3 is 3.00 bits per heavy atom. The third-order valence-corrected chi connectivity index (χ3v) is 3.63. The number of amides is 1. The Kier molecular flexibility index (Phi) is 4.36. The summed E-state index contributed by atoms with van der Waals surface area (Å²) in [7, 11) is 0. The van der Waals surface area contributed by atoms with Crippen molar-refractivity contribution in [3.05, 3.63) is 17.8 Å². The molecule has 1 aliphatic rings. The molecule has 0 aromatic carbocycles. The zero-order valence-electron chi connectivity index (χ0n) is 10.8. The monoisotopic (exact) mass is 251 g/mol. The van der Waals surface area contributed by atoms with E-state index in [9.17, 15) is 4.79 Å². The van der Waals surface area contributed by atoms with Crippen LogP contribution >= 0.6 is 0 Å². The van der Waals surface area contributed by atoms with Gasteiger partial charge in [-0.3, -0.25) is 4.79 Å². The average Bonchev–Trinajstić information content (AvgIpc) is 2.81. The average molecular weight is 251 g/mol. The zero-order valence-corrected chi connectivity index (χ0v) is 10.8. The predicted molar refractivity (Wildman–Crippen MR) is 67.6 cm³/mol. The molecule has 0 radical (unpaired) electrons. The van der Waals surface area contributed by atoms with E-state index in [2.05, 4.69) is 10.3 Å². The lowest BCUT2D eigenvalue weighted by molar-refractivity contribution is -0.127. The number of nitrogens with one attached hydrogen (secondary N) is 1. The number of nitrogens with zero attached hydrogens (tertiary/aromatic N) is 1. The molecule has 0 spiro atoms. The molecule has 0 aliphatic heterocycles. The molecule has 2 unspecified atom stereocenters. The summed E-state index contributed by atoms with van der Waals surface area (Å²) in [5.74, 6) is 1.78. The van der Waals surface area contributed by atoms with Crippen LogP contribution in [-0.2, 0) is 11.3 Å². The topological polar surface area (TPSA) is 81.2 Å². The highest BCUT2D eigenvalue weighted by molar-refractivity contribution is 5.78. The molecule has 0 bridgehead atoms. The first-order valence-electron chi connectivity index (χ1n) is 6.59. The second-order valence-corrected chi connectivity index (χ2v) is 4.97. The van der Waals surface area contributed by atoms with Crippen LogP contribution in [0.25, 0.3) is 0 Å². The maximum absolute atomic E-state index is 12.1. The van der Waals surface area contributed by atoms with E-state index in [0.29, 0.717) is 24.9 Å². The zero-order chi connectivity index (χ0) is 13.0. The van der Waals surface area contributed by atoms with E-state index in [1.54, 1.807) is 6.20 Å². The molecule has 0 saturated heterocycles. The fourth-order valence-corrected chi connectivity index (χ4v) is 2.61. The first kappa shape index (κ1) is 13.1. The van der Waals surface area contributed by atoms with E-state index in [4.69, 9.17) is 10.2 Å². The van der Waals surface area contributed by atoms with Crippen molar-refractivity contribution < 1.29 is 9.21 Å². The van der Waals surface area contributed by atoms with Crippen molar-refractivity contribution in [2.75, 3.05) is 6.54 Å². The first-order chi connectivity index (χ1) is 8.70. The highest BCUT2D eigenvalue weighted by atomic mass is 16.4. The van der Waals surface area contributed by atoms with Crippen molar-refractivity contribution in [2.45, 2.75) is 39.2 Å². The number of nitrogens with two attached hydrogens (primary N) is 1. The highest BCUT2D eigenvalue weighted by Gasteiger charge is 2.29. The van der Waals surface area contributed by atoms with Crippen molar-refractivity contribution in [1.29, 1.82) is 0 Å². The first-order valence-corrected chi connectivity index (χ1v) is 6.59. The van der Waals surface area contributed by atoms with Crippen LogP contribution in [0.15, 0.2) is 10.6 Å². The Labute approximate surface area is 107 Å². The fraction of sp³-hybridized carbons (Fsp3) is 0.692. The van der Waals surface area contributed by atoms with Gasteiger partial charge in [0, 0.05) is 5.92 Å². The molecule has 2 rings (SSSR count). The Morgan fingerprint density at radius 2 is 2.33 bits per heavy atom. The Balaban J connectivity index is 1.86. The smallest absolute Gasteiger partial charge is 0.223 e. The molecule has 5 nitrogen and oxygen atoms in total. The molecule has 1 amide bonds. The van der Waals surface area contributed by atoms with Gasteiger partial charge in [0.25, 0.3) is 0 Å². The Hall–Kier alpha value is -1.36. The molecule has 2 atom stereocenters. The van der Waals surface area contributed by atoms with Crippen molar-refractivity contribution in [3.8, 4) is 0 Å². The third-order valence-electron chi connectivity index (χ3n) is 3.63. The van der Waals surface area contributed by atoms with Crippen molar-refractivity contribution in [1.82, 2.24) is 10.3 Å². The van der Waals surface area contributed by atoms with Gasteiger partial charge in [-0.25, -0.2) is 4.98 Å². The van der Waals surface area contributed by atoms with E-state index in [1.807, 2.05) is 6.92 Å². The summed E-state index contributed by atoms with van der Waals surface area (Å²) in [5.41, 5.74) is 5.73. The molecule has 1 heterocycles. The molecule has 100 valence electrons. The molecule has 18 heavy (non-hydrogen) atoms. The van der Waals surface area contributed by atoms with Gasteiger partial charge in [-0.1, -0.05) is 12.8 Å². The lowest BCUT2D eigenvalue weighted by Crippen LogP contribution is -2.39. The molecule has 1 saturated carbocycles. The van der Waals surface area contributed by atoms with Gasteiger partial charge in [0.05, 0.1) is 12.7 Å². The third kappa shape index (κ3) is 3.10. The maximum Gasteiger partial charge on any atom is 0.223 e. The molecule has 1 aliphatic carbocycles. The van der Waals surface area contributed by atoms with Crippen molar-refractivity contribution in [2.24, 2.45) is 17.6 Å². The fourth-order valence-electron chi connectivity index (χ4n) is 2.61. The van der Waals surface area contributed by atoms with Gasteiger partial charge in [0.1, 0.15) is 5.76 Å². The van der Waals surface area contributed by atoms with Gasteiger partial charge in [0.15, 0.2) is 0 Å². The van der Waals surface area contributed by atoms with Gasteiger partial charge in [0.2, 0.25) is 11.8 Å². The van der Waals surface area contributed by atoms with E-state index < -0.39 is 0 Å². The molecule has 1 aromatic rings. The Bertz CT molecular complexity index is 403. The summed E-state index contributed by atoms with van der Waals surface area (Å²) >= 11 is 0. The molecular formula is C13H21N3O2. The van der Waals surface area contributed by atoms with Crippen LogP contribution in [0.1, 0.15) is 37.3 Å². The number of aromatic nitrogens is 1. The minimum absolute atomic E-state index is 0.0554. The summed E-state index contributed by atoms with van der Waals surface area (Å²) in [6.45, 7) is 2.79. The summed E-state index contributed by atoms with van der Waals surface area (Å²) in [6.07, 6.45) is 5.97. The number of aryl methyl sites for hydroxylation is 1. The number of carbonyl (C=O) groups excluding carboxylic acids is 1. The summed E-state index contributed by atoms with van der Waals surface area (Å²) in [6, 6.07) is 0. The number of hydrogen-bond donors (Lipinski definition) is 2. The number of hydrogen-bond acceptors (Lipinski definition) is 4. The maximum atomic E-state index is 12.1. The highest BCUT2D eigenvalue weighted by Crippen LogP contribution is 2.29. The van der Waals surface area contributed by atoms with E-state index in [0.717, 1.165) is 25.0 Å². The van der Waals surface area contributed by atoms with Crippen LogP contribution in [0.2, 0.25) is 0 Å². The minimum atomic E-state index is 0.0554. The molecular weight excluding hydrogens is 230 g/mol. The molecule has 1 aromatic heterocycles. The van der Waals surface area contributed by atoms with Crippen molar-refractivity contribution >= 4 is 5.91 Å². The lowest BCUT2D eigenvalue weighted by atomic mass is 9.79. The van der Waals surface area contributed by atoms with Crippen LogP contribution in [0, 0.1) is 18.8 Å². The van der Waals surface area contributed by atoms with Crippen LogP contribution < -0.4 is 11.1 Å². The van der Waals surface area contributed by atoms with Gasteiger partial charge in [-0.2, -0.15) is 0 Å². The van der Waals surface area contributed by atoms with Gasteiger partial charge in [-0.05, 0) is 32.2 Å². The van der Waals surface area contributed by atoms with Gasteiger partial charge >= 0.3 is 0 Å². The van der Waals surface area contributed by atoms with E-state index in [-0.39, 0.29) is 11.8 Å². The van der Waals surface area contributed by atoms with Crippen LogP contribution in [0.5, 0.6) is 0 Å². The second-order valence-electron chi connectivity index (χ2n) is 4.97. The van der Waals surface area contributed by atoms with Crippen LogP contribution in [0.4, 0.5) is 0 Å². The van der Waals surface area contributed by atoms with Gasteiger partial charge < -0.3 is 15.5 Å². The van der Waals surface area contributed by atoms with Gasteiger partial charge in [-0.15, -0.1) is 0 Å². The molecule has 5 heteroatoms. The Morgan fingerprint density at radius 1 is 1.56 bits per heavy atom. The van der Waals surface area contributed by atoms with Crippen LogP contribution in [0.3, 0.4) is 0 Å². The number of rotatable bonds is 4. The quantitative estimate of drug-likeness (QED) is 0.846. The summed E-state index contributed by atoms with van der Waals surface area (Å²) in [4.78, 5) is 16.2. The second kappa shape index (κ2) is 6.00. The summed E-state index contributed by atoms with van der Waals surface area (Å²) < 4.78 is 5.32. The predicted octanol–water partition coefficient (Wildman–Crippen LogP) is 1.36. The SMILES string of the molecule is Cc1cnc(CNC(=O)C2CCCCC2CN)o1. The summed E-state index contributed by atoms with van der Waals surface area (Å²) in [5, 5.41) is 2.90. The van der Waals surface area contributed by atoms with Crippen LogP contribution in [-0.4, -0.2) is 17.4 Å². The lowest BCUT2D eigenvalue weighted by Gasteiger charge is -2.29. The standard InChI is InChI=1S/C13H21N3O2/c1-9-7-15-12(18-9)8-16-13(17)11-5-3-2-4-10(11)6-14/h7,10-11H,2-6,8,14H2,1H3,(H,16,17). The van der Waals surface area contributed by atoms with E-state index in [1.165, 1.54) is 6.42 Å². The van der Waals surface area contributed by atoms with E-state index >= 15 is 0 Å². The number of oxazole rings is 1. The normalized spacial score (nSPS) is 23.9. The molecule has 3 N–H and O–H groups in total. The largest absolute Gasteiger partial charge is 0.444 e. The number of carbonyl (C=O) groups is 1. The molecule has 1 fully saturated rings.